The standard InChI is InChI=1S/C26H21N3O4/c1-29-24(16-7-9-21-22(12-16)33-14-32-21)23(18-4-2-3-5-19(18)26(29)31)25(30)28-17-8-6-15-10-11-27-20(15)13-17/h2-13,23-24,27H,14H2,1H3,(H,28,30). The molecule has 0 bridgehead atoms. The van der Waals surface area contributed by atoms with Gasteiger partial charge in [-0.1, -0.05) is 30.3 Å². The van der Waals surface area contributed by atoms with Crippen LogP contribution in [0.2, 0.25) is 0 Å². The van der Waals surface area contributed by atoms with Crippen molar-refractivity contribution in [1.82, 2.24) is 9.88 Å². The van der Waals surface area contributed by atoms with Crippen LogP contribution in [0.25, 0.3) is 10.9 Å². The number of amides is 2. The molecule has 0 radical (unpaired) electrons. The Balaban J connectivity index is 1.44. The summed E-state index contributed by atoms with van der Waals surface area (Å²) in [6.07, 6.45) is 1.86. The second-order valence-electron chi connectivity index (χ2n) is 8.31. The second kappa shape index (κ2) is 7.41. The summed E-state index contributed by atoms with van der Waals surface area (Å²) in [4.78, 5) is 31.8. The average molecular weight is 439 g/mol. The van der Waals surface area contributed by atoms with Crippen molar-refractivity contribution in [3.63, 3.8) is 0 Å². The Morgan fingerprint density at radius 3 is 2.79 bits per heavy atom. The lowest BCUT2D eigenvalue weighted by Gasteiger charge is -2.39. The molecule has 0 aliphatic carbocycles. The van der Waals surface area contributed by atoms with Gasteiger partial charge in [0.05, 0.1) is 12.0 Å². The van der Waals surface area contributed by atoms with Gasteiger partial charge in [-0.2, -0.15) is 0 Å². The van der Waals surface area contributed by atoms with E-state index in [4.69, 9.17) is 9.47 Å². The van der Waals surface area contributed by atoms with Crippen molar-refractivity contribution in [3.05, 3.63) is 89.6 Å². The fourth-order valence-electron chi connectivity index (χ4n) is 4.82. The third-order valence-corrected chi connectivity index (χ3v) is 6.42. The van der Waals surface area contributed by atoms with E-state index in [0.29, 0.717) is 28.3 Å². The number of anilines is 1. The fraction of sp³-hybridized carbons (Fsp3) is 0.154. The van der Waals surface area contributed by atoms with E-state index >= 15 is 0 Å². The molecule has 7 heteroatoms. The molecule has 1 aromatic heterocycles. The zero-order valence-electron chi connectivity index (χ0n) is 17.9. The van der Waals surface area contributed by atoms with Crippen molar-refractivity contribution in [1.29, 1.82) is 0 Å². The molecule has 3 heterocycles. The number of nitrogens with one attached hydrogen (secondary N) is 2. The largest absolute Gasteiger partial charge is 0.454 e. The van der Waals surface area contributed by atoms with Crippen molar-refractivity contribution in [2.75, 3.05) is 19.2 Å². The highest BCUT2D eigenvalue weighted by molar-refractivity contribution is 6.04. The molecule has 0 saturated heterocycles. The van der Waals surface area contributed by atoms with Gasteiger partial charge in [0.15, 0.2) is 11.5 Å². The van der Waals surface area contributed by atoms with Gasteiger partial charge < -0.3 is 24.7 Å². The van der Waals surface area contributed by atoms with Gasteiger partial charge >= 0.3 is 0 Å². The average Bonchev–Trinajstić information content (AvgIpc) is 3.49. The number of H-pyrrole nitrogens is 1. The smallest absolute Gasteiger partial charge is 0.254 e. The van der Waals surface area contributed by atoms with Crippen LogP contribution in [-0.4, -0.2) is 35.5 Å². The molecule has 2 N–H and O–H groups in total. The Labute approximate surface area is 189 Å². The second-order valence-corrected chi connectivity index (χ2v) is 8.31. The lowest BCUT2D eigenvalue weighted by atomic mass is 9.79. The molecular weight excluding hydrogens is 418 g/mol. The van der Waals surface area contributed by atoms with E-state index in [1.165, 1.54) is 0 Å². The molecule has 3 aromatic carbocycles. The predicted molar refractivity (Wildman–Crippen MR) is 124 cm³/mol. The maximum atomic E-state index is 13.8. The van der Waals surface area contributed by atoms with Crippen molar-refractivity contribution in [2.24, 2.45) is 0 Å². The maximum absolute atomic E-state index is 13.8. The van der Waals surface area contributed by atoms with E-state index in [2.05, 4.69) is 10.3 Å². The summed E-state index contributed by atoms with van der Waals surface area (Å²) in [5.41, 5.74) is 3.69. The van der Waals surface area contributed by atoms with Gasteiger partial charge in [0.1, 0.15) is 0 Å². The van der Waals surface area contributed by atoms with Crippen LogP contribution in [0, 0.1) is 0 Å². The Morgan fingerprint density at radius 2 is 1.88 bits per heavy atom. The Kier molecular flexibility index (Phi) is 4.36. The molecule has 2 amide bonds. The summed E-state index contributed by atoms with van der Waals surface area (Å²) in [7, 11) is 1.73. The van der Waals surface area contributed by atoms with Crippen LogP contribution in [0.15, 0.2) is 72.9 Å². The molecule has 0 spiro atoms. The van der Waals surface area contributed by atoms with Gasteiger partial charge in [-0.3, -0.25) is 9.59 Å². The highest BCUT2D eigenvalue weighted by Crippen LogP contribution is 2.45. The number of nitrogens with zero attached hydrogens (tertiary/aromatic N) is 1. The molecule has 2 aliphatic rings. The first kappa shape index (κ1) is 19.4. The molecule has 2 unspecified atom stereocenters. The van der Waals surface area contributed by atoms with Crippen LogP contribution in [0.5, 0.6) is 11.5 Å². The lowest BCUT2D eigenvalue weighted by molar-refractivity contribution is -0.119. The Bertz CT molecular complexity index is 1410. The highest BCUT2D eigenvalue weighted by atomic mass is 16.7. The van der Waals surface area contributed by atoms with E-state index in [1.54, 1.807) is 18.0 Å². The van der Waals surface area contributed by atoms with Gasteiger partial charge in [0, 0.05) is 30.0 Å². The molecule has 6 rings (SSSR count). The molecule has 2 atom stereocenters. The summed E-state index contributed by atoms with van der Waals surface area (Å²) in [5.74, 6) is 0.358. The van der Waals surface area contributed by atoms with Gasteiger partial charge in [-0.25, -0.2) is 0 Å². The van der Waals surface area contributed by atoms with Crippen molar-refractivity contribution in [2.45, 2.75) is 12.0 Å². The first-order valence-electron chi connectivity index (χ1n) is 10.7. The monoisotopic (exact) mass is 439 g/mol. The molecule has 4 aromatic rings. The van der Waals surface area contributed by atoms with E-state index in [9.17, 15) is 9.59 Å². The first-order chi connectivity index (χ1) is 16.1. The summed E-state index contributed by atoms with van der Waals surface area (Å²) < 4.78 is 11.0. The fourth-order valence-corrected chi connectivity index (χ4v) is 4.82. The Hall–Kier alpha value is -4.26. The third-order valence-electron chi connectivity index (χ3n) is 6.42. The minimum Gasteiger partial charge on any atom is -0.454 e. The minimum atomic E-state index is -0.608. The minimum absolute atomic E-state index is 0.120. The number of carbonyl (C=O) groups excluding carboxylic acids is 2. The van der Waals surface area contributed by atoms with E-state index < -0.39 is 12.0 Å². The molecular formula is C26H21N3O4. The number of fused-ring (bicyclic) bond motifs is 3. The topological polar surface area (TPSA) is 83.7 Å². The first-order valence-corrected chi connectivity index (χ1v) is 10.7. The number of rotatable bonds is 3. The number of benzene rings is 3. The molecule has 33 heavy (non-hydrogen) atoms. The number of aromatic amines is 1. The van der Waals surface area contributed by atoms with E-state index in [0.717, 1.165) is 16.5 Å². The normalized spacial score (nSPS) is 18.9. The van der Waals surface area contributed by atoms with Crippen LogP contribution in [0.3, 0.4) is 0 Å². The van der Waals surface area contributed by atoms with Gasteiger partial charge in [0.25, 0.3) is 5.91 Å². The Morgan fingerprint density at radius 1 is 1.03 bits per heavy atom. The summed E-state index contributed by atoms with van der Waals surface area (Å²) in [6.45, 7) is 0.159. The third kappa shape index (κ3) is 3.12. The van der Waals surface area contributed by atoms with Crippen molar-refractivity contribution in [3.8, 4) is 11.5 Å². The molecule has 0 saturated carbocycles. The zero-order chi connectivity index (χ0) is 22.5. The predicted octanol–water partition coefficient (Wildman–Crippen LogP) is 4.45. The SMILES string of the molecule is CN1C(=O)c2ccccc2C(C(=O)Nc2ccc3cc[nH]c3c2)C1c1ccc2c(c1)OCO2. The quantitative estimate of drug-likeness (QED) is 0.494. The van der Waals surface area contributed by atoms with Crippen LogP contribution >= 0.6 is 0 Å². The summed E-state index contributed by atoms with van der Waals surface area (Å²) >= 11 is 0. The zero-order valence-corrected chi connectivity index (χ0v) is 17.9. The van der Waals surface area contributed by atoms with Gasteiger partial charge in [-0.15, -0.1) is 0 Å². The number of hydrogen-bond acceptors (Lipinski definition) is 4. The lowest BCUT2D eigenvalue weighted by Crippen LogP contribution is -2.44. The van der Waals surface area contributed by atoms with E-state index in [-0.39, 0.29) is 18.6 Å². The molecule has 164 valence electrons. The van der Waals surface area contributed by atoms with Gasteiger partial charge in [0.2, 0.25) is 12.7 Å². The summed E-state index contributed by atoms with van der Waals surface area (Å²) in [5, 5.41) is 4.14. The number of hydrogen-bond donors (Lipinski definition) is 2. The molecule has 0 fully saturated rings. The highest BCUT2D eigenvalue weighted by Gasteiger charge is 2.43. The number of ether oxygens (including phenoxy) is 2. The molecule has 2 aliphatic heterocycles. The number of carbonyl (C=O) groups is 2. The van der Waals surface area contributed by atoms with Gasteiger partial charge in [-0.05, 0) is 52.9 Å². The maximum Gasteiger partial charge on any atom is 0.254 e. The summed E-state index contributed by atoms with van der Waals surface area (Å²) in [6, 6.07) is 20.1. The number of likely N-dealkylation sites (N-methyl/N-ethyl adjacent to an activating group) is 1. The molecule has 7 nitrogen and oxygen atoms in total. The van der Waals surface area contributed by atoms with Crippen molar-refractivity contribution < 1.29 is 19.1 Å². The van der Waals surface area contributed by atoms with Crippen LogP contribution in [0.1, 0.15) is 33.4 Å². The number of aromatic nitrogens is 1. The van der Waals surface area contributed by atoms with E-state index in [1.807, 2.05) is 66.9 Å². The van der Waals surface area contributed by atoms with Crippen LogP contribution in [0.4, 0.5) is 5.69 Å². The van der Waals surface area contributed by atoms with Crippen molar-refractivity contribution >= 4 is 28.4 Å². The van der Waals surface area contributed by atoms with Crippen LogP contribution < -0.4 is 14.8 Å². The van der Waals surface area contributed by atoms with Crippen LogP contribution in [-0.2, 0) is 4.79 Å².